The third-order valence-electron chi connectivity index (χ3n) is 1.99. The fourth-order valence-corrected chi connectivity index (χ4v) is 1.29. The number of hydrogen-bond donors (Lipinski definition) is 0. The standard InChI is InChI=1S/C10H10N2O2/c1-14-9-7-10(13)12(11-9)8-5-3-2-4-6-8/h2-6H,7H2,1H3. The number of ether oxygens (including phenoxy) is 1. The van der Waals surface area contributed by atoms with Gasteiger partial charge in [0.05, 0.1) is 12.8 Å². The molecule has 14 heavy (non-hydrogen) atoms. The fourth-order valence-electron chi connectivity index (χ4n) is 1.29. The van der Waals surface area contributed by atoms with Crippen molar-refractivity contribution in [2.45, 2.75) is 6.42 Å². The summed E-state index contributed by atoms with van der Waals surface area (Å²) in [5.41, 5.74) is 0.768. The molecule has 4 heteroatoms. The van der Waals surface area contributed by atoms with E-state index in [-0.39, 0.29) is 12.3 Å². The molecule has 0 saturated heterocycles. The summed E-state index contributed by atoms with van der Waals surface area (Å²) in [7, 11) is 1.51. The van der Waals surface area contributed by atoms with Crippen LogP contribution in [0.2, 0.25) is 0 Å². The summed E-state index contributed by atoms with van der Waals surface area (Å²) in [5, 5.41) is 5.40. The van der Waals surface area contributed by atoms with Crippen molar-refractivity contribution >= 4 is 17.5 Å². The van der Waals surface area contributed by atoms with Crippen molar-refractivity contribution in [3.8, 4) is 0 Å². The molecule has 0 spiro atoms. The Labute approximate surface area is 81.8 Å². The molecule has 0 unspecified atom stereocenters. The van der Waals surface area contributed by atoms with Gasteiger partial charge in [-0.3, -0.25) is 4.79 Å². The van der Waals surface area contributed by atoms with Crippen LogP contribution in [-0.4, -0.2) is 18.9 Å². The Morgan fingerprint density at radius 3 is 2.64 bits per heavy atom. The van der Waals surface area contributed by atoms with Gasteiger partial charge in [0.2, 0.25) is 5.90 Å². The van der Waals surface area contributed by atoms with Crippen LogP contribution >= 0.6 is 0 Å². The molecule has 0 aromatic heterocycles. The van der Waals surface area contributed by atoms with E-state index in [4.69, 9.17) is 4.74 Å². The first-order valence-electron chi connectivity index (χ1n) is 4.31. The topological polar surface area (TPSA) is 41.9 Å². The van der Waals surface area contributed by atoms with Gasteiger partial charge in [-0.15, -0.1) is 5.10 Å². The molecular formula is C10H10N2O2. The van der Waals surface area contributed by atoms with Crippen LogP contribution in [0.25, 0.3) is 0 Å². The highest BCUT2D eigenvalue weighted by Gasteiger charge is 2.25. The van der Waals surface area contributed by atoms with E-state index in [0.29, 0.717) is 5.90 Å². The molecule has 0 radical (unpaired) electrons. The van der Waals surface area contributed by atoms with Gasteiger partial charge in [-0.1, -0.05) is 18.2 Å². The molecule has 4 nitrogen and oxygen atoms in total. The van der Waals surface area contributed by atoms with Crippen LogP contribution in [0.15, 0.2) is 35.4 Å². The average molecular weight is 190 g/mol. The number of methoxy groups -OCH3 is 1. The molecule has 0 aliphatic carbocycles. The molecular weight excluding hydrogens is 180 g/mol. The van der Waals surface area contributed by atoms with E-state index in [9.17, 15) is 4.79 Å². The quantitative estimate of drug-likeness (QED) is 0.671. The van der Waals surface area contributed by atoms with Crippen LogP contribution in [0.1, 0.15) is 6.42 Å². The number of anilines is 1. The van der Waals surface area contributed by atoms with Crippen molar-refractivity contribution in [2.24, 2.45) is 5.10 Å². The van der Waals surface area contributed by atoms with Gasteiger partial charge in [-0.25, -0.2) is 0 Å². The van der Waals surface area contributed by atoms with Crippen LogP contribution < -0.4 is 5.01 Å². The molecule has 72 valence electrons. The summed E-state index contributed by atoms with van der Waals surface area (Å²) in [6, 6.07) is 9.29. The van der Waals surface area contributed by atoms with Crippen molar-refractivity contribution < 1.29 is 9.53 Å². The van der Waals surface area contributed by atoms with Gasteiger partial charge in [-0.2, -0.15) is 5.01 Å². The predicted molar refractivity (Wildman–Crippen MR) is 53.0 cm³/mol. The minimum absolute atomic E-state index is 0.0620. The zero-order chi connectivity index (χ0) is 9.97. The second-order valence-corrected chi connectivity index (χ2v) is 2.92. The van der Waals surface area contributed by atoms with Crippen molar-refractivity contribution in [2.75, 3.05) is 12.1 Å². The lowest BCUT2D eigenvalue weighted by Crippen LogP contribution is -2.19. The molecule has 0 bridgehead atoms. The van der Waals surface area contributed by atoms with Crippen LogP contribution in [-0.2, 0) is 9.53 Å². The van der Waals surface area contributed by atoms with Crippen molar-refractivity contribution in [3.05, 3.63) is 30.3 Å². The second-order valence-electron chi connectivity index (χ2n) is 2.92. The highest BCUT2D eigenvalue weighted by molar-refractivity contribution is 6.10. The zero-order valence-corrected chi connectivity index (χ0v) is 7.80. The van der Waals surface area contributed by atoms with Gasteiger partial charge in [0.15, 0.2) is 0 Å². The first-order chi connectivity index (χ1) is 6.81. The molecule has 0 fully saturated rings. The zero-order valence-electron chi connectivity index (χ0n) is 7.80. The van der Waals surface area contributed by atoms with Crippen LogP contribution in [0.4, 0.5) is 5.69 Å². The maximum atomic E-state index is 11.5. The minimum atomic E-state index is -0.0620. The average Bonchev–Trinajstić information content (AvgIpc) is 2.61. The van der Waals surface area contributed by atoms with E-state index in [1.54, 1.807) is 0 Å². The first-order valence-corrected chi connectivity index (χ1v) is 4.31. The summed E-state index contributed by atoms with van der Waals surface area (Å²) in [5.74, 6) is 0.395. The normalized spacial score (nSPS) is 15.6. The number of benzene rings is 1. The first kappa shape index (κ1) is 8.74. The summed E-state index contributed by atoms with van der Waals surface area (Å²) < 4.78 is 4.92. The number of nitrogens with zero attached hydrogens (tertiary/aromatic N) is 2. The molecule has 0 atom stereocenters. The van der Waals surface area contributed by atoms with E-state index < -0.39 is 0 Å². The summed E-state index contributed by atoms with van der Waals surface area (Å²) in [6.07, 6.45) is 0.241. The third kappa shape index (κ3) is 1.46. The fraction of sp³-hybridized carbons (Fsp3) is 0.200. The second kappa shape index (κ2) is 3.49. The van der Waals surface area contributed by atoms with Gasteiger partial charge in [0, 0.05) is 0 Å². The SMILES string of the molecule is COC1=NN(c2ccccc2)C(=O)C1. The predicted octanol–water partition coefficient (Wildman–Crippen LogP) is 1.38. The highest BCUT2D eigenvalue weighted by atomic mass is 16.5. The molecule has 1 amide bonds. The van der Waals surface area contributed by atoms with Gasteiger partial charge in [-0.05, 0) is 12.1 Å². The molecule has 1 aliphatic heterocycles. The van der Waals surface area contributed by atoms with Crippen molar-refractivity contribution in [1.29, 1.82) is 0 Å². The highest BCUT2D eigenvalue weighted by Crippen LogP contribution is 2.19. The third-order valence-corrected chi connectivity index (χ3v) is 1.99. The van der Waals surface area contributed by atoms with Crippen LogP contribution in [0.5, 0.6) is 0 Å². The Morgan fingerprint density at radius 2 is 2.07 bits per heavy atom. The van der Waals surface area contributed by atoms with Gasteiger partial charge in [0.25, 0.3) is 5.91 Å². The molecule has 1 aromatic rings. The summed E-state index contributed by atoms with van der Waals surface area (Å²) in [4.78, 5) is 11.5. The van der Waals surface area contributed by atoms with Crippen LogP contribution in [0, 0.1) is 0 Å². The van der Waals surface area contributed by atoms with Crippen LogP contribution in [0.3, 0.4) is 0 Å². The number of amides is 1. The van der Waals surface area contributed by atoms with Gasteiger partial charge in [0.1, 0.15) is 6.42 Å². The van der Waals surface area contributed by atoms with E-state index in [2.05, 4.69) is 5.10 Å². The molecule has 0 N–H and O–H groups in total. The monoisotopic (exact) mass is 190 g/mol. The number of hydrogen-bond acceptors (Lipinski definition) is 3. The van der Waals surface area contributed by atoms with E-state index in [1.165, 1.54) is 12.1 Å². The van der Waals surface area contributed by atoms with E-state index >= 15 is 0 Å². The maximum Gasteiger partial charge on any atom is 0.256 e. The number of rotatable bonds is 1. The van der Waals surface area contributed by atoms with E-state index in [0.717, 1.165) is 5.69 Å². The number of carbonyl (C=O) groups excluding carboxylic acids is 1. The van der Waals surface area contributed by atoms with E-state index in [1.807, 2.05) is 30.3 Å². The van der Waals surface area contributed by atoms with Gasteiger partial charge >= 0.3 is 0 Å². The molecule has 2 rings (SSSR count). The molecule has 1 aromatic carbocycles. The lowest BCUT2D eigenvalue weighted by atomic mass is 10.3. The summed E-state index contributed by atoms with van der Waals surface area (Å²) in [6.45, 7) is 0. The Hall–Kier alpha value is -1.84. The smallest absolute Gasteiger partial charge is 0.256 e. The Balaban J connectivity index is 2.28. The van der Waals surface area contributed by atoms with Gasteiger partial charge < -0.3 is 4.74 Å². The molecule has 1 aliphatic rings. The number of para-hydroxylation sites is 1. The number of carbonyl (C=O) groups is 1. The largest absolute Gasteiger partial charge is 0.483 e. The number of hydrazone groups is 1. The Morgan fingerprint density at radius 1 is 1.36 bits per heavy atom. The Kier molecular flexibility index (Phi) is 2.18. The lowest BCUT2D eigenvalue weighted by Gasteiger charge is -2.09. The Bertz CT molecular complexity index is 373. The minimum Gasteiger partial charge on any atom is -0.483 e. The maximum absolute atomic E-state index is 11.5. The summed E-state index contributed by atoms with van der Waals surface area (Å²) >= 11 is 0. The van der Waals surface area contributed by atoms with Crippen molar-refractivity contribution in [1.82, 2.24) is 0 Å². The lowest BCUT2D eigenvalue weighted by molar-refractivity contribution is -0.117. The molecule has 1 heterocycles. The van der Waals surface area contributed by atoms with Crippen molar-refractivity contribution in [3.63, 3.8) is 0 Å². The molecule has 0 saturated carbocycles.